The third-order valence-corrected chi connectivity index (χ3v) is 5.78. The second-order valence-corrected chi connectivity index (χ2v) is 8.25. The van der Waals surface area contributed by atoms with E-state index in [1.807, 2.05) is 6.07 Å². The zero-order valence-electron chi connectivity index (χ0n) is 15.0. The van der Waals surface area contributed by atoms with Crippen molar-refractivity contribution in [3.8, 4) is 0 Å². The van der Waals surface area contributed by atoms with E-state index < -0.39 is 10.0 Å². The van der Waals surface area contributed by atoms with Gasteiger partial charge in [-0.25, -0.2) is 8.42 Å². The monoisotopic (exact) mass is 422 g/mol. The average Bonchev–Trinajstić information content (AvgIpc) is 2.75. The molecule has 0 radical (unpaired) electrons. The van der Waals surface area contributed by atoms with Crippen molar-refractivity contribution in [2.45, 2.75) is 4.90 Å². The van der Waals surface area contributed by atoms with E-state index in [2.05, 4.69) is 19.9 Å². The number of rotatable bonds is 5. The van der Waals surface area contributed by atoms with Crippen LogP contribution in [0.4, 0.5) is 17.1 Å². The molecule has 6 nitrogen and oxygen atoms in total. The molecule has 0 atom stereocenters. The maximum atomic E-state index is 12.7. The van der Waals surface area contributed by atoms with E-state index in [0.29, 0.717) is 33.0 Å². The van der Waals surface area contributed by atoms with Gasteiger partial charge in [0, 0.05) is 16.6 Å². The Bertz CT molecular complexity index is 1290. The van der Waals surface area contributed by atoms with Crippen molar-refractivity contribution < 1.29 is 8.42 Å². The topological polar surface area (TPSA) is 83.8 Å². The molecule has 3 aromatic carbocycles. The molecule has 0 saturated carbocycles. The molecule has 1 aromatic heterocycles. The molecule has 0 unspecified atom stereocenters. The van der Waals surface area contributed by atoms with Gasteiger partial charge in [0.1, 0.15) is 0 Å². The van der Waals surface area contributed by atoms with Gasteiger partial charge in [-0.3, -0.25) is 9.71 Å². The first-order chi connectivity index (χ1) is 14.0. The van der Waals surface area contributed by atoms with Gasteiger partial charge >= 0.3 is 0 Å². The summed E-state index contributed by atoms with van der Waals surface area (Å²) in [6.07, 6.45) is 1.60. The Morgan fingerprint density at radius 1 is 0.828 bits per heavy atom. The van der Waals surface area contributed by atoms with E-state index in [1.165, 1.54) is 12.1 Å². The Kier molecular flexibility index (Phi) is 5.24. The fraction of sp³-hybridized carbons (Fsp3) is 0. The van der Waals surface area contributed by atoms with Gasteiger partial charge in [0.2, 0.25) is 0 Å². The Balaban J connectivity index is 1.71. The first-order valence-electron chi connectivity index (χ1n) is 8.66. The molecule has 144 valence electrons. The number of halogens is 1. The van der Waals surface area contributed by atoms with Crippen LogP contribution in [0, 0.1) is 0 Å². The molecule has 0 aliphatic heterocycles. The summed E-state index contributed by atoms with van der Waals surface area (Å²) >= 11 is 5.88. The molecule has 8 heteroatoms. The predicted octanol–water partition coefficient (Wildman–Crippen LogP) is 6.10. The molecule has 29 heavy (non-hydrogen) atoms. The number of azo groups is 1. The van der Waals surface area contributed by atoms with Crippen LogP contribution in [0.2, 0.25) is 5.02 Å². The lowest BCUT2D eigenvalue weighted by molar-refractivity contribution is 0.601. The summed E-state index contributed by atoms with van der Waals surface area (Å²) in [5, 5.41) is 9.81. The Morgan fingerprint density at radius 2 is 1.59 bits per heavy atom. The molecule has 1 N–H and O–H groups in total. The predicted molar refractivity (Wildman–Crippen MR) is 115 cm³/mol. The zero-order valence-corrected chi connectivity index (χ0v) is 16.6. The third-order valence-electron chi connectivity index (χ3n) is 4.14. The van der Waals surface area contributed by atoms with Gasteiger partial charge in [-0.2, -0.15) is 5.11 Å². The number of sulfonamides is 1. The summed E-state index contributed by atoms with van der Waals surface area (Å²) < 4.78 is 28.0. The first kappa shape index (κ1) is 19.0. The minimum Gasteiger partial charge on any atom is -0.277 e. The largest absolute Gasteiger partial charge is 0.277 e. The van der Waals surface area contributed by atoms with Crippen molar-refractivity contribution in [3.63, 3.8) is 0 Å². The number of hydrogen-bond donors (Lipinski definition) is 1. The molecular formula is C21H15ClN4O2S. The second kappa shape index (κ2) is 7.98. The van der Waals surface area contributed by atoms with E-state index >= 15 is 0 Å². The van der Waals surface area contributed by atoms with E-state index in [9.17, 15) is 8.42 Å². The molecule has 0 amide bonds. The van der Waals surface area contributed by atoms with Gasteiger partial charge in [-0.15, -0.1) is 5.11 Å². The smallest absolute Gasteiger partial charge is 0.261 e. The van der Waals surface area contributed by atoms with Gasteiger partial charge in [-0.1, -0.05) is 29.8 Å². The average molecular weight is 423 g/mol. The molecule has 4 aromatic rings. The zero-order chi connectivity index (χ0) is 20.3. The maximum absolute atomic E-state index is 12.7. The number of pyridine rings is 1. The minimum absolute atomic E-state index is 0.176. The van der Waals surface area contributed by atoms with Crippen LogP contribution in [0.1, 0.15) is 0 Å². The summed E-state index contributed by atoms with van der Waals surface area (Å²) in [6, 6.07) is 22.1. The standard InChI is InChI=1S/C21H15ClN4O2S/c22-15-8-10-16(11-9-15)24-25-19-12-13-20(21-18(19)7-4-14-23-21)26-29(27,28)17-5-2-1-3-6-17/h1-14,26H. The van der Waals surface area contributed by atoms with Crippen LogP contribution in [0.15, 0.2) is 100 Å². The molecule has 0 aliphatic rings. The molecule has 0 spiro atoms. The van der Waals surface area contributed by atoms with Crippen molar-refractivity contribution in [2.75, 3.05) is 4.72 Å². The first-order valence-corrected chi connectivity index (χ1v) is 10.5. The van der Waals surface area contributed by atoms with Crippen molar-refractivity contribution in [1.82, 2.24) is 4.98 Å². The molecule has 0 aliphatic carbocycles. The summed E-state index contributed by atoms with van der Waals surface area (Å²) in [5.41, 5.74) is 2.08. The van der Waals surface area contributed by atoms with Gasteiger partial charge in [0.05, 0.1) is 27.5 Å². The number of hydrogen-bond acceptors (Lipinski definition) is 5. The van der Waals surface area contributed by atoms with Crippen LogP contribution in [0.25, 0.3) is 10.9 Å². The third kappa shape index (κ3) is 4.26. The highest BCUT2D eigenvalue weighted by Gasteiger charge is 2.16. The fourth-order valence-corrected chi connectivity index (χ4v) is 3.96. The van der Waals surface area contributed by atoms with E-state index in [-0.39, 0.29) is 4.90 Å². The van der Waals surface area contributed by atoms with E-state index in [0.717, 1.165) is 0 Å². The molecule has 0 bridgehead atoms. The molecular weight excluding hydrogens is 408 g/mol. The summed E-state index contributed by atoms with van der Waals surface area (Å²) in [5.74, 6) is 0. The van der Waals surface area contributed by atoms with Crippen LogP contribution >= 0.6 is 11.6 Å². The van der Waals surface area contributed by atoms with E-state index in [4.69, 9.17) is 11.6 Å². The van der Waals surface area contributed by atoms with Crippen molar-refractivity contribution >= 4 is 49.6 Å². The second-order valence-electron chi connectivity index (χ2n) is 6.13. The molecule has 1 heterocycles. The number of nitrogens with one attached hydrogen (secondary N) is 1. The number of nitrogens with zero attached hydrogens (tertiary/aromatic N) is 3. The van der Waals surface area contributed by atoms with Gasteiger partial charge in [0.15, 0.2) is 0 Å². The molecule has 0 saturated heterocycles. The van der Waals surface area contributed by atoms with Crippen LogP contribution in [0.5, 0.6) is 0 Å². The van der Waals surface area contributed by atoms with Crippen molar-refractivity contribution in [2.24, 2.45) is 10.2 Å². The van der Waals surface area contributed by atoms with Crippen molar-refractivity contribution in [3.05, 3.63) is 90.1 Å². The highest BCUT2D eigenvalue weighted by molar-refractivity contribution is 7.92. The van der Waals surface area contributed by atoms with Crippen LogP contribution in [0.3, 0.4) is 0 Å². The lowest BCUT2D eigenvalue weighted by Gasteiger charge is -2.11. The number of anilines is 1. The number of fused-ring (bicyclic) bond motifs is 1. The Labute approximate surface area is 173 Å². The summed E-state index contributed by atoms with van der Waals surface area (Å²) in [4.78, 5) is 4.52. The van der Waals surface area contributed by atoms with Crippen LogP contribution < -0.4 is 4.72 Å². The highest BCUT2D eigenvalue weighted by Crippen LogP contribution is 2.32. The molecule has 0 fully saturated rings. The number of benzene rings is 3. The molecule has 4 rings (SSSR count). The van der Waals surface area contributed by atoms with Crippen LogP contribution in [-0.2, 0) is 10.0 Å². The lowest BCUT2D eigenvalue weighted by Crippen LogP contribution is -2.13. The maximum Gasteiger partial charge on any atom is 0.261 e. The van der Waals surface area contributed by atoms with Gasteiger partial charge in [-0.05, 0) is 60.7 Å². The SMILES string of the molecule is O=S(=O)(Nc1ccc(N=Nc2ccc(Cl)cc2)c2cccnc12)c1ccccc1. The fourth-order valence-electron chi connectivity index (χ4n) is 2.75. The quantitative estimate of drug-likeness (QED) is 0.394. The van der Waals surface area contributed by atoms with Crippen molar-refractivity contribution in [1.29, 1.82) is 0 Å². The van der Waals surface area contributed by atoms with Gasteiger partial charge < -0.3 is 0 Å². The highest BCUT2D eigenvalue weighted by atomic mass is 35.5. The lowest BCUT2D eigenvalue weighted by atomic mass is 10.1. The summed E-state index contributed by atoms with van der Waals surface area (Å²) in [7, 11) is -3.73. The minimum atomic E-state index is -3.73. The Hall–Kier alpha value is -3.29. The normalized spacial score (nSPS) is 11.8. The Morgan fingerprint density at radius 3 is 2.34 bits per heavy atom. The summed E-state index contributed by atoms with van der Waals surface area (Å²) in [6.45, 7) is 0. The number of aromatic nitrogens is 1. The van der Waals surface area contributed by atoms with Gasteiger partial charge in [0.25, 0.3) is 10.0 Å². The van der Waals surface area contributed by atoms with Crippen LogP contribution in [-0.4, -0.2) is 13.4 Å². The van der Waals surface area contributed by atoms with E-state index in [1.54, 1.807) is 66.9 Å².